The maximum absolute atomic E-state index is 13.5. The Kier molecular flexibility index (Phi) is 4.05. The molecule has 1 aromatic carbocycles. The fraction of sp³-hybridized carbons (Fsp3) is 0.600. The second-order valence-corrected chi connectivity index (χ2v) is 5.88. The van der Waals surface area contributed by atoms with Crippen LogP contribution in [0.1, 0.15) is 25.7 Å². The second-order valence-electron chi connectivity index (χ2n) is 5.88. The summed E-state index contributed by atoms with van der Waals surface area (Å²) in [6.07, 6.45) is 4.58. The van der Waals surface area contributed by atoms with Gasteiger partial charge in [-0.3, -0.25) is 15.0 Å². The predicted molar refractivity (Wildman–Crippen MR) is 79.1 cm³/mol. The third kappa shape index (κ3) is 3.00. The van der Waals surface area contributed by atoms with Gasteiger partial charge in [-0.2, -0.15) is 0 Å². The number of hydrogen-bond acceptors (Lipinski definition) is 4. The lowest BCUT2D eigenvalue weighted by Crippen LogP contribution is -2.47. The minimum absolute atomic E-state index is 0.00141. The quantitative estimate of drug-likeness (QED) is 0.635. The van der Waals surface area contributed by atoms with Crippen LogP contribution in [0.2, 0.25) is 0 Å². The van der Waals surface area contributed by atoms with Gasteiger partial charge in [-0.15, -0.1) is 0 Å². The number of likely N-dealkylation sites (tertiary alicyclic amines) is 1. The van der Waals surface area contributed by atoms with Crippen LogP contribution in [0, 0.1) is 15.9 Å². The van der Waals surface area contributed by atoms with E-state index in [9.17, 15) is 14.5 Å². The molecule has 0 bridgehead atoms. The molecule has 2 fully saturated rings. The number of anilines is 1. The third-order valence-electron chi connectivity index (χ3n) is 4.53. The molecular formula is C15H20FN3O2. The first-order valence-corrected chi connectivity index (χ1v) is 7.58. The first kappa shape index (κ1) is 14.3. The average Bonchev–Trinajstić information content (AvgIpc) is 3.01. The predicted octanol–water partition coefficient (Wildman–Crippen LogP) is 2.80. The molecular weight excluding hydrogens is 273 g/mol. The zero-order chi connectivity index (χ0) is 14.8. The molecule has 114 valence electrons. The summed E-state index contributed by atoms with van der Waals surface area (Å²) in [7, 11) is 0. The summed E-state index contributed by atoms with van der Waals surface area (Å²) >= 11 is 0. The number of nitro groups is 1. The van der Waals surface area contributed by atoms with E-state index in [1.54, 1.807) is 0 Å². The van der Waals surface area contributed by atoms with Gasteiger partial charge in [0.15, 0.2) is 0 Å². The zero-order valence-corrected chi connectivity index (χ0v) is 12.0. The highest BCUT2D eigenvalue weighted by atomic mass is 19.1. The summed E-state index contributed by atoms with van der Waals surface area (Å²) in [5.41, 5.74) is 0.419. The number of rotatable bonds is 3. The van der Waals surface area contributed by atoms with Crippen LogP contribution in [0.5, 0.6) is 0 Å². The molecule has 1 aromatic rings. The Balaban J connectivity index is 1.82. The van der Waals surface area contributed by atoms with Crippen molar-refractivity contribution in [1.29, 1.82) is 0 Å². The Morgan fingerprint density at radius 1 is 1.19 bits per heavy atom. The third-order valence-corrected chi connectivity index (χ3v) is 4.53. The lowest BCUT2D eigenvalue weighted by Gasteiger charge is -2.38. The smallest absolute Gasteiger partial charge is 0.292 e. The van der Waals surface area contributed by atoms with Gasteiger partial charge in [0.1, 0.15) is 11.5 Å². The van der Waals surface area contributed by atoms with Gasteiger partial charge in [0, 0.05) is 31.3 Å². The first-order valence-electron chi connectivity index (χ1n) is 7.58. The normalized spacial score (nSPS) is 23.5. The highest BCUT2D eigenvalue weighted by molar-refractivity contribution is 5.63. The average molecular weight is 293 g/mol. The van der Waals surface area contributed by atoms with E-state index in [2.05, 4.69) is 4.90 Å². The SMILES string of the molecule is O=[N+]([O-])c1ccc(F)cc1N1CCCC(N2CCCC2)C1. The van der Waals surface area contributed by atoms with Crippen LogP contribution in [0.25, 0.3) is 0 Å². The minimum atomic E-state index is -0.422. The monoisotopic (exact) mass is 293 g/mol. The van der Waals surface area contributed by atoms with Crippen LogP contribution < -0.4 is 4.90 Å². The second kappa shape index (κ2) is 5.97. The summed E-state index contributed by atoms with van der Waals surface area (Å²) in [6.45, 7) is 3.74. The Labute approximate surface area is 123 Å². The van der Waals surface area contributed by atoms with Crippen LogP contribution in [0.15, 0.2) is 18.2 Å². The molecule has 3 rings (SSSR count). The summed E-state index contributed by atoms with van der Waals surface area (Å²) < 4.78 is 13.5. The molecule has 2 heterocycles. The maximum Gasteiger partial charge on any atom is 0.292 e. The van der Waals surface area contributed by atoms with Crippen LogP contribution in [-0.4, -0.2) is 42.0 Å². The van der Waals surface area contributed by atoms with Crippen LogP contribution in [-0.2, 0) is 0 Å². The van der Waals surface area contributed by atoms with Crippen molar-refractivity contribution in [3.63, 3.8) is 0 Å². The van der Waals surface area contributed by atoms with E-state index < -0.39 is 10.7 Å². The van der Waals surface area contributed by atoms with Crippen molar-refractivity contribution >= 4 is 11.4 Å². The maximum atomic E-state index is 13.5. The van der Waals surface area contributed by atoms with E-state index in [-0.39, 0.29) is 5.69 Å². The van der Waals surface area contributed by atoms with Crippen molar-refractivity contribution in [2.24, 2.45) is 0 Å². The molecule has 2 aliphatic rings. The van der Waals surface area contributed by atoms with Gasteiger partial charge in [0.25, 0.3) is 5.69 Å². The molecule has 0 saturated carbocycles. The largest absolute Gasteiger partial charge is 0.364 e. The molecule has 1 atom stereocenters. The summed E-state index contributed by atoms with van der Waals surface area (Å²) in [4.78, 5) is 15.2. The number of nitrogens with zero attached hydrogens (tertiary/aromatic N) is 3. The standard InChI is InChI=1S/C15H20FN3O2/c16-12-5-6-14(19(20)21)15(10-12)18-9-3-4-13(11-18)17-7-1-2-8-17/h5-6,10,13H,1-4,7-9,11H2. The number of nitro benzene ring substituents is 1. The molecule has 0 amide bonds. The molecule has 2 saturated heterocycles. The molecule has 0 spiro atoms. The zero-order valence-electron chi connectivity index (χ0n) is 12.0. The fourth-order valence-corrected chi connectivity index (χ4v) is 3.48. The molecule has 5 nitrogen and oxygen atoms in total. The number of benzene rings is 1. The van der Waals surface area contributed by atoms with Crippen molar-refractivity contribution in [3.8, 4) is 0 Å². The van der Waals surface area contributed by atoms with Gasteiger partial charge in [0.2, 0.25) is 0 Å². The number of piperidine rings is 1. The lowest BCUT2D eigenvalue weighted by molar-refractivity contribution is -0.384. The molecule has 0 aliphatic carbocycles. The van der Waals surface area contributed by atoms with E-state index in [0.717, 1.165) is 45.1 Å². The van der Waals surface area contributed by atoms with Crippen molar-refractivity contribution in [2.45, 2.75) is 31.7 Å². The van der Waals surface area contributed by atoms with Gasteiger partial charge in [-0.05, 0) is 44.8 Å². The van der Waals surface area contributed by atoms with E-state index >= 15 is 0 Å². The van der Waals surface area contributed by atoms with Crippen LogP contribution >= 0.6 is 0 Å². The lowest BCUT2D eigenvalue weighted by atomic mass is 10.0. The molecule has 2 aliphatic heterocycles. The topological polar surface area (TPSA) is 49.6 Å². The van der Waals surface area contributed by atoms with Gasteiger partial charge >= 0.3 is 0 Å². The van der Waals surface area contributed by atoms with E-state index in [0.29, 0.717) is 11.7 Å². The van der Waals surface area contributed by atoms with Gasteiger partial charge in [-0.25, -0.2) is 4.39 Å². The summed E-state index contributed by atoms with van der Waals surface area (Å²) in [5, 5.41) is 11.2. The molecule has 6 heteroatoms. The Morgan fingerprint density at radius 3 is 2.67 bits per heavy atom. The molecule has 21 heavy (non-hydrogen) atoms. The van der Waals surface area contributed by atoms with Crippen molar-refractivity contribution < 1.29 is 9.31 Å². The van der Waals surface area contributed by atoms with Gasteiger partial charge in [-0.1, -0.05) is 0 Å². The molecule has 1 unspecified atom stereocenters. The molecule has 0 aromatic heterocycles. The van der Waals surface area contributed by atoms with E-state index in [4.69, 9.17) is 0 Å². The first-order chi connectivity index (χ1) is 10.1. The Morgan fingerprint density at radius 2 is 1.95 bits per heavy atom. The summed E-state index contributed by atoms with van der Waals surface area (Å²) in [5.74, 6) is -0.418. The highest BCUT2D eigenvalue weighted by Gasteiger charge is 2.30. The van der Waals surface area contributed by atoms with Crippen molar-refractivity contribution in [3.05, 3.63) is 34.1 Å². The molecule has 0 N–H and O–H groups in total. The van der Waals surface area contributed by atoms with Crippen LogP contribution in [0.4, 0.5) is 15.8 Å². The highest BCUT2D eigenvalue weighted by Crippen LogP contribution is 2.32. The van der Waals surface area contributed by atoms with Crippen molar-refractivity contribution in [1.82, 2.24) is 4.90 Å². The number of hydrogen-bond donors (Lipinski definition) is 0. The van der Waals surface area contributed by atoms with Crippen molar-refractivity contribution in [2.75, 3.05) is 31.1 Å². The van der Waals surface area contributed by atoms with Gasteiger partial charge < -0.3 is 4.90 Å². The van der Waals surface area contributed by atoms with E-state index in [1.165, 1.54) is 25.0 Å². The van der Waals surface area contributed by atoms with Gasteiger partial charge in [0.05, 0.1) is 4.92 Å². The van der Waals surface area contributed by atoms with E-state index in [1.807, 2.05) is 4.90 Å². The molecule has 0 radical (unpaired) electrons. The Bertz CT molecular complexity index is 532. The number of halogens is 1. The minimum Gasteiger partial charge on any atom is -0.364 e. The fourth-order valence-electron chi connectivity index (χ4n) is 3.48. The Hall–Kier alpha value is -1.69. The summed E-state index contributed by atoms with van der Waals surface area (Å²) in [6, 6.07) is 4.15. The van der Waals surface area contributed by atoms with Crippen LogP contribution in [0.3, 0.4) is 0 Å².